The number of hydrogen-bond acceptors (Lipinski definition) is 3. The average Bonchev–Trinajstić information content (AvgIpc) is 2.70. The molecule has 0 spiro atoms. The maximum Gasteiger partial charge on any atom is 0.401 e. The number of nitrogens with zero attached hydrogens (tertiary/aromatic N) is 2. The van der Waals surface area contributed by atoms with Crippen LogP contribution in [-0.2, 0) is 12.3 Å². The number of halogens is 4. The largest absolute Gasteiger partial charge is 0.401 e. The molecule has 0 saturated carbocycles. The fourth-order valence-electron chi connectivity index (χ4n) is 1.57. The highest BCUT2D eigenvalue weighted by Gasteiger charge is 2.28. The van der Waals surface area contributed by atoms with Crippen molar-refractivity contribution in [3.63, 3.8) is 0 Å². The summed E-state index contributed by atoms with van der Waals surface area (Å²) in [6, 6.07) is 0. The Bertz CT molecular complexity index is 354. The molecular weight excluding hydrogens is 285 g/mol. The van der Waals surface area contributed by atoms with E-state index in [0.717, 1.165) is 30.0 Å². The fourth-order valence-corrected chi connectivity index (χ4v) is 2.64. The van der Waals surface area contributed by atoms with E-state index in [2.05, 4.69) is 4.98 Å². The van der Waals surface area contributed by atoms with Crippen LogP contribution < -0.4 is 0 Å². The minimum absolute atomic E-state index is 0.408. The SMILES string of the molecule is CN(CCCCc1nc(CCl)cs1)CC(F)(F)F. The second-order valence-corrected chi connectivity index (χ2v) is 5.39. The first-order valence-electron chi connectivity index (χ1n) is 5.65. The molecule has 0 atom stereocenters. The van der Waals surface area contributed by atoms with Crippen molar-refractivity contribution in [1.82, 2.24) is 9.88 Å². The number of aromatic nitrogens is 1. The molecule has 1 heterocycles. The molecule has 0 fully saturated rings. The lowest BCUT2D eigenvalue weighted by molar-refractivity contribution is -0.143. The van der Waals surface area contributed by atoms with Crippen LogP contribution in [-0.4, -0.2) is 36.2 Å². The summed E-state index contributed by atoms with van der Waals surface area (Å²) in [5, 5.41) is 2.92. The third kappa shape index (κ3) is 6.56. The number of rotatable bonds is 7. The molecule has 104 valence electrons. The minimum atomic E-state index is -4.11. The minimum Gasteiger partial charge on any atom is -0.298 e. The van der Waals surface area contributed by atoms with Crippen LogP contribution in [0.1, 0.15) is 23.5 Å². The fraction of sp³-hybridized carbons (Fsp3) is 0.727. The number of thiazole rings is 1. The molecule has 0 radical (unpaired) electrons. The molecule has 18 heavy (non-hydrogen) atoms. The van der Waals surface area contributed by atoms with Crippen molar-refractivity contribution in [3.8, 4) is 0 Å². The highest BCUT2D eigenvalue weighted by Crippen LogP contribution is 2.17. The van der Waals surface area contributed by atoms with Gasteiger partial charge in [0.05, 0.1) is 23.1 Å². The Morgan fingerprint density at radius 2 is 2.11 bits per heavy atom. The molecule has 0 unspecified atom stereocenters. The van der Waals surface area contributed by atoms with Gasteiger partial charge in [0.25, 0.3) is 0 Å². The Morgan fingerprint density at radius 1 is 1.39 bits per heavy atom. The van der Waals surface area contributed by atoms with Crippen LogP contribution in [0.3, 0.4) is 0 Å². The lowest BCUT2D eigenvalue weighted by Crippen LogP contribution is -2.31. The number of unbranched alkanes of at least 4 members (excludes halogenated alkanes) is 1. The molecule has 0 aliphatic carbocycles. The van der Waals surface area contributed by atoms with Crippen molar-refractivity contribution >= 4 is 22.9 Å². The Hall–Kier alpha value is -0.330. The molecule has 1 aromatic heterocycles. The van der Waals surface area contributed by atoms with Gasteiger partial charge in [-0.05, 0) is 32.9 Å². The van der Waals surface area contributed by atoms with Gasteiger partial charge in [0.1, 0.15) is 0 Å². The Morgan fingerprint density at radius 3 is 2.67 bits per heavy atom. The first-order valence-corrected chi connectivity index (χ1v) is 7.06. The first kappa shape index (κ1) is 15.7. The van der Waals surface area contributed by atoms with Crippen LogP contribution in [0, 0.1) is 0 Å². The van der Waals surface area contributed by atoms with E-state index in [0.29, 0.717) is 12.4 Å². The third-order valence-electron chi connectivity index (χ3n) is 2.37. The van der Waals surface area contributed by atoms with Gasteiger partial charge in [0.2, 0.25) is 0 Å². The number of hydrogen-bond donors (Lipinski definition) is 0. The summed E-state index contributed by atoms with van der Waals surface area (Å²) in [7, 11) is 1.49. The molecule has 0 amide bonds. The van der Waals surface area contributed by atoms with Gasteiger partial charge in [-0.15, -0.1) is 22.9 Å². The molecular formula is C11H16ClF3N2S. The van der Waals surface area contributed by atoms with Crippen LogP contribution in [0.25, 0.3) is 0 Å². The zero-order valence-corrected chi connectivity index (χ0v) is 11.7. The Labute approximate surface area is 114 Å². The van der Waals surface area contributed by atoms with Gasteiger partial charge in [-0.3, -0.25) is 4.90 Å². The van der Waals surface area contributed by atoms with E-state index >= 15 is 0 Å². The van der Waals surface area contributed by atoms with E-state index in [4.69, 9.17) is 11.6 Å². The van der Waals surface area contributed by atoms with Gasteiger partial charge in [-0.1, -0.05) is 0 Å². The van der Waals surface area contributed by atoms with Crippen molar-refractivity contribution in [1.29, 1.82) is 0 Å². The summed E-state index contributed by atoms with van der Waals surface area (Å²) in [5.74, 6) is 0.408. The number of alkyl halides is 4. The molecule has 1 aromatic rings. The molecule has 2 nitrogen and oxygen atoms in total. The van der Waals surface area contributed by atoms with Crippen LogP contribution in [0.15, 0.2) is 5.38 Å². The van der Waals surface area contributed by atoms with E-state index in [1.807, 2.05) is 5.38 Å². The van der Waals surface area contributed by atoms with E-state index in [1.165, 1.54) is 11.9 Å². The highest BCUT2D eigenvalue weighted by molar-refractivity contribution is 7.09. The van der Waals surface area contributed by atoms with Crippen molar-refractivity contribution in [2.45, 2.75) is 31.3 Å². The van der Waals surface area contributed by atoms with E-state index in [-0.39, 0.29) is 0 Å². The lowest BCUT2D eigenvalue weighted by atomic mass is 10.2. The summed E-state index contributed by atoms with van der Waals surface area (Å²) in [6.07, 6.45) is -1.72. The summed E-state index contributed by atoms with van der Waals surface area (Å²) < 4.78 is 36.2. The van der Waals surface area contributed by atoms with E-state index in [9.17, 15) is 13.2 Å². The molecule has 1 rings (SSSR count). The monoisotopic (exact) mass is 300 g/mol. The first-order chi connectivity index (χ1) is 8.40. The lowest BCUT2D eigenvalue weighted by Gasteiger charge is -2.17. The second kappa shape index (κ2) is 7.31. The van der Waals surface area contributed by atoms with Crippen molar-refractivity contribution in [3.05, 3.63) is 16.1 Å². The van der Waals surface area contributed by atoms with Gasteiger partial charge in [-0.2, -0.15) is 13.2 Å². The van der Waals surface area contributed by atoms with Crippen LogP contribution in [0.2, 0.25) is 0 Å². The van der Waals surface area contributed by atoms with Crippen molar-refractivity contribution in [2.24, 2.45) is 0 Å². The standard InChI is InChI=1S/C11H16ClF3N2S/c1-17(8-11(13,14)15)5-3-2-4-10-16-9(6-12)7-18-10/h7H,2-6,8H2,1H3. The van der Waals surface area contributed by atoms with Crippen molar-refractivity contribution in [2.75, 3.05) is 20.1 Å². The molecule has 0 bridgehead atoms. The normalized spacial score (nSPS) is 12.3. The van der Waals surface area contributed by atoms with Gasteiger partial charge in [0.15, 0.2) is 0 Å². The second-order valence-electron chi connectivity index (χ2n) is 4.18. The summed E-state index contributed by atoms with van der Waals surface area (Å²) in [4.78, 5) is 5.60. The quantitative estimate of drug-likeness (QED) is 0.564. The molecule has 0 aliphatic heterocycles. The Kier molecular flexibility index (Phi) is 6.38. The predicted octanol–water partition coefficient (Wildman–Crippen LogP) is 3.70. The molecule has 0 saturated heterocycles. The Balaban J connectivity index is 2.15. The smallest absolute Gasteiger partial charge is 0.298 e. The van der Waals surface area contributed by atoms with Crippen LogP contribution in [0.5, 0.6) is 0 Å². The molecule has 0 aliphatic rings. The van der Waals surface area contributed by atoms with Gasteiger partial charge >= 0.3 is 6.18 Å². The maximum absolute atomic E-state index is 12.1. The summed E-state index contributed by atoms with van der Waals surface area (Å²) >= 11 is 7.19. The zero-order chi connectivity index (χ0) is 13.6. The maximum atomic E-state index is 12.1. The highest BCUT2D eigenvalue weighted by atomic mass is 35.5. The van der Waals surface area contributed by atoms with Crippen LogP contribution >= 0.6 is 22.9 Å². The van der Waals surface area contributed by atoms with Gasteiger partial charge in [-0.25, -0.2) is 4.98 Å². The van der Waals surface area contributed by atoms with Gasteiger partial charge < -0.3 is 0 Å². The molecule has 7 heteroatoms. The van der Waals surface area contributed by atoms with E-state index in [1.54, 1.807) is 11.3 Å². The van der Waals surface area contributed by atoms with Gasteiger partial charge in [0, 0.05) is 5.38 Å². The zero-order valence-electron chi connectivity index (χ0n) is 10.1. The number of aryl methyl sites for hydroxylation is 1. The third-order valence-corrected chi connectivity index (χ3v) is 3.60. The predicted molar refractivity (Wildman–Crippen MR) is 68.2 cm³/mol. The van der Waals surface area contributed by atoms with Crippen LogP contribution in [0.4, 0.5) is 13.2 Å². The van der Waals surface area contributed by atoms with Crippen molar-refractivity contribution < 1.29 is 13.2 Å². The summed E-state index contributed by atoms with van der Waals surface area (Å²) in [5.41, 5.74) is 0.867. The summed E-state index contributed by atoms with van der Waals surface area (Å²) in [6.45, 7) is -0.395. The van der Waals surface area contributed by atoms with E-state index < -0.39 is 12.7 Å². The molecule has 0 N–H and O–H groups in total. The average molecular weight is 301 g/mol. The molecule has 0 aromatic carbocycles. The topological polar surface area (TPSA) is 16.1 Å².